The number of hydrogen-bond donors (Lipinski definition) is 1. The van der Waals surface area contributed by atoms with Gasteiger partial charge in [-0.3, -0.25) is 0 Å². The Morgan fingerprint density at radius 2 is 2.37 bits per heavy atom. The fourth-order valence-corrected chi connectivity index (χ4v) is 2.10. The summed E-state index contributed by atoms with van der Waals surface area (Å²) in [6.07, 6.45) is -0.631. The van der Waals surface area contributed by atoms with Gasteiger partial charge in [-0.2, -0.15) is 0 Å². The van der Waals surface area contributed by atoms with Crippen molar-refractivity contribution in [2.75, 3.05) is 20.3 Å². The minimum absolute atomic E-state index is 0.229. The summed E-state index contributed by atoms with van der Waals surface area (Å²) in [5, 5.41) is 3.35. The zero-order valence-electron chi connectivity index (χ0n) is 11.4. The van der Waals surface area contributed by atoms with Crippen molar-refractivity contribution in [3.63, 3.8) is 0 Å². The third-order valence-corrected chi connectivity index (χ3v) is 3.06. The van der Waals surface area contributed by atoms with Crippen LogP contribution in [0.4, 0.5) is 0 Å². The van der Waals surface area contributed by atoms with Gasteiger partial charge in [-0.1, -0.05) is 6.92 Å². The van der Waals surface area contributed by atoms with Crippen molar-refractivity contribution in [1.82, 2.24) is 5.32 Å². The fraction of sp³-hybridized carbons (Fsp3) is 0.500. The fourth-order valence-electron chi connectivity index (χ4n) is 2.10. The second kappa shape index (κ2) is 5.93. The van der Waals surface area contributed by atoms with Gasteiger partial charge in [0.25, 0.3) is 0 Å². The highest BCUT2D eigenvalue weighted by Gasteiger charge is 2.24. The maximum atomic E-state index is 11.3. The molecule has 104 valence electrons. The molecule has 0 spiro atoms. The van der Waals surface area contributed by atoms with Crippen LogP contribution >= 0.6 is 0 Å². The van der Waals surface area contributed by atoms with Gasteiger partial charge in [0.2, 0.25) is 0 Å². The number of rotatable bonds is 5. The first-order chi connectivity index (χ1) is 9.15. The molecule has 5 heteroatoms. The predicted octanol–water partition coefficient (Wildman–Crippen LogP) is 1.67. The quantitative estimate of drug-likeness (QED) is 0.821. The van der Waals surface area contributed by atoms with E-state index in [0.29, 0.717) is 12.4 Å². The molecule has 0 saturated carbocycles. The lowest BCUT2D eigenvalue weighted by Gasteiger charge is -2.13. The molecule has 0 saturated heterocycles. The van der Waals surface area contributed by atoms with Gasteiger partial charge in [0.15, 0.2) is 6.10 Å². The number of ether oxygens (including phenoxy) is 3. The van der Waals surface area contributed by atoms with Gasteiger partial charge in [-0.05, 0) is 25.6 Å². The highest BCUT2D eigenvalue weighted by atomic mass is 16.6. The van der Waals surface area contributed by atoms with Crippen LogP contribution in [0.5, 0.6) is 11.5 Å². The average molecular weight is 265 g/mol. The Bertz CT molecular complexity index is 461. The zero-order valence-corrected chi connectivity index (χ0v) is 11.4. The molecule has 0 amide bonds. The van der Waals surface area contributed by atoms with E-state index in [1.807, 2.05) is 18.2 Å². The highest BCUT2D eigenvalue weighted by Crippen LogP contribution is 2.35. The molecule has 0 radical (unpaired) electrons. The third kappa shape index (κ3) is 2.98. The van der Waals surface area contributed by atoms with Crippen molar-refractivity contribution in [3.8, 4) is 11.5 Å². The number of carbonyl (C=O) groups is 1. The van der Waals surface area contributed by atoms with E-state index in [1.165, 1.54) is 7.11 Å². The van der Waals surface area contributed by atoms with Crippen LogP contribution in [0.1, 0.15) is 25.5 Å². The molecule has 0 aromatic heterocycles. The van der Waals surface area contributed by atoms with Crippen LogP contribution in [-0.2, 0) is 9.53 Å². The molecule has 1 aliphatic rings. The van der Waals surface area contributed by atoms with Crippen molar-refractivity contribution in [3.05, 3.63) is 23.8 Å². The van der Waals surface area contributed by atoms with E-state index in [9.17, 15) is 4.79 Å². The van der Waals surface area contributed by atoms with Crippen molar-refractivity contribution in [2.45, 2.75) is 26.0 Å². The van der Waals surface area contributed by atoms with E-state index >= 15 is 0 Å². The van der Waals surface area contributed by atoms with Crippen LogP contribution in [0.25, 0.3) is 0 Å². The van der Waals surface area contributed by atoms with Gasteiger partial charge in [0.05, 0.1) is 13.2 Å². The van der Waals surface area contributed by atoms with E-state index in [4.69, 9.17) is 9.47 Å². The second-order valence-electron chi connectivity index (χ2n) is 4.40. The minimum Gasteiger partial charge on any atom is -0.491 e. The zero-order chi connectivity index (χ0) is 13.8. The summed E-state index contributed by atoms with van der Waals surface area (Å²) in [6.45, 7) is 5.24. The van der Waals surface area contributed by atoms with Gasteiger partial charge in [0.1, 0.15) is 18.1 Å². The molecule has 2 atom stereocenters. The molecule has 2 rings (SSSR count). The maximum absolute atomic E-state index is 11.3. The Kier molecular flexibility index (Phi) is 4.27. The van der Waals surface area contributed by atoms with Gasteiger partial charge in [-0.25, -0.2) is 4.79 Å². The molecule has 0 aliphatic carbocycles. The molecule has 5 nitrogen and oxygen atoms in total. The number of likely N-dealkylation sites (N-methyl/N-ethyl adjacent to an activating group) is 1. The van der Waals surface area contributed by atoms with Crippen LogP contribution in [0.15, 0.2) is 18.2 Å². The van der Waals surface area contributed by atoms with Crippen LogP contribution in [0.2, 0.25) is 0 Å². The number of hydrogen-bond acceptors (Lipinski definition) is 5. The van der Waals surface area contributed by atoms with Crippen molar-refractivity contribution in [2.24, 2.45) is 0 Å². The lowest BCUT2D eigenvalue weighted by molar-refractivity contribution is -0.147. The van der Waals surface area contributed by atoms with E-state index in [1.54, 1.807) is 6.92 Å². The summed E-state index contributed by atoms with van der Waals surface area (Å²) in [4.78, 5) is 11.3. The number of carbonyl (C=O) groups excluding carboxylic acids is 1. The summed E-state index contributed by atoms with van der Waals surface area (Å²) in [6, 6.07) is 5.85. The largest absolute Gasteiger partial charge is 0.491 e. The molecule has 1 aromatic rings. The monoisotopic (exact) mass is 265 g/mol. The number of fused-ring (bicyclic) bond motifs is 1. The molecule has 1 aliphatic heterocycles. The van der Waals surface area contributed by atoms with Crippen molar-refractivity contribution in [1.29, 1.82) is 0 Å². The molecule has 2 unspecified atom stereocenters. The van der Waals surface area contributed by atoms with E-state index in [-0.39, 0.29) is 6.04 Å². The van der Waals surface area contributed by atoms with Gasteiger partial charge < -0.3 is 19.5 Å². The number of nitrogens with one attached hydrogen (secondary N) is 1. The predicted molar refractivity (Wildman–Crippen MR) is 70.5 cm³/mol. The van der Waals surface area contributed by atoms with Crippen LogP contribution in [-0.4, -0.2) is 32.3 Å². The Morgan fingerprint density at radius 3 is 3.05 bits per heavy atom. The van der Waals surface area contributed by atoms with Gasteiger partial charge >= 0.3 is 5.97 Å². The summed E-state index contributed by atoms with van der Waals surface area (Å²) >= 11 is 0. The maximum Gasteiger partial charge on any atom is 0.346 e. The number of esters is 1. The van der Waals surface area contributed by atoms with E-state index in [0.717, 1.165) is 17.9 Å². The summed E-state index contributed by atoms with van der Waals surface area (Å²) in [5.41, 5.74) is 1.12. The summed E-state index contributed by atoms with van der Waals surface area (Å²) < 4.78 is 15.7. The lowest BCUT2D eigenvalue weighted by Crippen LogP contribution is -2.24. The molecule has 1 aromatic carbocycles. The molecular formula is C14H19NO4. The third-order valence-electron chi connectivity index (χ3n) is 3.06. The Labute approximate surface area is 112 Å². The minimum atomic E-state index is -0.631. The van der Waals surface area contributed by atoms with Crippen molar-refractivity contribution < 1.29 is 19.0 Å². The van der Waals surface area contributed by atoms with Crippen LogP contribution in [0, 0.1) is 0 Å². The second-order valence-corrected chi connectivity index (χ2v) is 4.40. The number of benzene rings is 1. The Balaban J connectivity index is 2.08. The van der Waals surface area contributed by atoms with E-state index < -0.39 is 12.1 Å². The van der Waals surface area contributed by atoms with Gasteiger partial charge in [0, 0.05) is 11.6 Å². The highest BCUT2D eigenvalue weighted by molar-refractivity contribution is 5.74. The topological polar surface area (TPSA) is 56.8 Å². The van der Waals surface area contributed by atoms with Crippen LogP contribution in [0.3, 0.4) is 0 Å². The van der Waals surface area contributed by atoms with Crippen molar-refractivity contribution >= 4 is 5.97 Å². The first-order valence-corrected chi connectivity index (χ1v) is 6.40. The average Bonchev–Trinajstić information content (AvgIpc) is 2.81. The molecule has 19 heavy (non-hydrogen) atoms. The Morgan fingerprint density at radius 1 is 1.58 bits per heavy atom. The number of methoxy groups -OCH3 is 1. The Hall–Kier alpha value is -1.75. The first-order valence-electron chi connectivity index (χ1n) is 6.40. The van der Waals surface area contributed by atoms with Crippen LogP contribution < -0.4 is 14.8 Å². The molecule has 0 fully saturated rings. The molecule has 1 heterocycles. The first kappa shape index (κ1) is 13.7. The lowest BCUT2D eigenvalue weighted by atomic mass is 10.1. The standard InChI is InChI=1S/C14H19NO4/c1-4-15-12-8-18-13-7-10(5-6-11(12)13)19-9(2)14(16)17-3/h5-7,9,12,15H,4,8H2,1-3H3. The summed E-state index contributed by atoms with van der Waals surface area (Å²) in [5.74, 6) is 1.02. The molecule has 1 N–H and O–H groups in total. The molecule has 0 bridgehead atoms. The van der Waals surface area contributed by atoms with E-state index in [2.05, 4.69) is 17.0 Å². The smallest absolute Gasteiger partial charge is 0.346 e. The molecular weight excluding hydrogens is 246 g/mol. The SMILES string of the molecule is CCNC1COc2cc(OC(C)C(=O)OC)ccc21. The normalized spacial score (nSPS) is 18.4. The summed E-state index contributed by atoms with van der Waals surface area (Å²) in [7, 11) is 1.34. The van der Waals surface area contributed by atoms with Gasteiger partial charge in [-0.15, -0.1) is 0 Å².